The number of allylic oxidation sites excluding steroid dienone is 1. The van der Waals surface area contributed by atoms with E-state index in [2.05, 4.69) is 9.97 Å². The lowest BCUT2D eigenvalue weighted by molar-refractivity contribution is 1.10. The van der Waals surface area contributed by atoms with Crippen molar-refractivity contribution in [3.63, 3.8) is 0 Å². The SMILES string of the molecule is N#Cc1ncc(C=CCCCl)cn1. The van der Waals surface area contributed by atoms with Gasteiger partial charge in [0.2, 0.25) is 5.82 Å². The number of nitriles is 1. The van der Waals surface area contributed by atoms with Gasteiger partial charge in [-0.05, 0) is 6.42 Å². The molecule has 1 aromatic rings. The van der Waals surface area contributed by atoms with E-state index < -0.39 is 0 Å². The summed E-state index contributed by atoms with van der Waals surface area (Å²) in [7, 11) is 0. The van der Waals surface area contributed by atoms with Crippen LogP contribution in [0, 0.1) is 11.3 Å². The Labute approximate surface area is 81.7 Å². The second kappa shape index (κ2) is 5.28. The molecule has 0 bridgehead atoms. The van der Waals surface area contributed by atoms with Gasteiger partial charge in [0.1, 0.15) is 6.07 Å². The predicted octanol–water partition coefficient (Wildman–Crippen LogP) is 1.99. The predicted molar refractivity (Wildman–Crippen MR) is 51.1 cm³/mol. The van der Waals surface area contributed by atoms with Crippen LogP contribution in [-0.4, -0.2) is 15.8 Å². The number of alkyl halides is 1. The summed E-state index contributed by atoms with van der Waals surface area (Å²) in [5.74, 6) is 0.794. The smallest absolute Gasteiger partial charge is 0.227 e. The molecule has 0 aromatic carbocycles. The van der Waals surface area contributed by atoms with Crippen molar-refractivity contribution >= 4 is 17.7 Å². The van der Waals surface area contributed by atoms with E-state index in [1.807, 2.05) is 18.2 Å². The Hall–Kier alpha value is -1.40. The van der Waals surface area contributed by atoms with E-state index in [0.717, 1.165) is 12.0 Å². The van der Waals surface area contributed by atoms with E-state index in [1.165, 1.54) is 0 Å². The van der Waals surface area contributed by atoms with Gasteiger partial charge < -0.3 is 0 Å². The summed E-state index contributed by atoms with van der Waals surface area (Å²) in [4.78, 5) is 7.64. The van der Waals surface area contributed by atoms with Gasteiger partial charge in [0.15, 0.2) is 0 Å². The second-order valence-corrected chi connectivity index (χ2v) is 2.71. The van der Waals surface area contributed by atoms with Crippen LogP contribution in [0.2, 0.25) is 0 Å². The Bertz CT molecular complexity index is 324. The Morgan fingerprint density at radius 3 is 2.69 bits per heavy atom. The van der Waals surface area contributed by atoms with Crippen molar-refractivity contribution in [3.8, 4) is 6.07 Å². The third kappa shape index (κ3) is 3.22. The normalized spacial score (nSPS) is 10.2. The fraction of sp³-hybridized carbons (Fsp3) is 0.222. The molecule has 0 saturated carbocycles. The molecule has 1 rings (SSSR count). The Kier molecular flexibility index (Phi) is 3.94. The minimum Gasteiger partial charge on any atom is -0.227 e. The average molecular weight is 194 g/mol. The van der Waals surface area contributed by atoms with Gasteiger partial charge in [-0.2, -0.15) is 5.26 Å². The summed E-state index contributed by atoms with van der Waals surface area (Å²) in [6.07, 6.45) is 7.86. The van der Waals surface area contributed by atoms with Crippen LogP contribution in [0.5, 0.6) is 0 Å². The first kappa shape index (κ1) is 9.69. The summed E-state index contributed by atoms with van der Waals surface area (Å²) >= 11 is 5.49. The Balaban J connectivity index is 2.65. The standard InChI is InChI=1S/C9H8ClN3/c10-4-2-1-3-8-6-12-9(5-11)13-7-8/h1,3,6-7H,2,4H2. The molecular formula is C9H8ClN3. The quantitative estimate of drug-likeness (QED) is 0.690. The van der Waals surface area contributed by atoms with Gasteiger partial charge in [0.05, 0.1) is 0 Å². The first-order chi connectivity index (χ1) is 6.36. The zero-order valence-corrected chi connectivity index (χ0v) is 7.70. The summed E-state index contributed by atoms with van der Waals surface area (Å²) in [5.41, 5.74) is 0.879. The van der Waals surface area contributed by atoms with Crippen LogP contribution < -0.4 is 0 Å². The molecule has 0 radical (unpaired) electrons. The van der Waals surface area contributed by atoms with Crippen molar-refractivity contribution in [2.75, 3.05) is 5.88 Å². The topological polar surface area (TPSA) is 49.6 Å². The maximum absolute atomic E-state index is 8.43. The van der Waals surface area contributed by atoms with Crippen LogP contribution in [-0.2, 0) is 0 Å². The Morgan fingerprint density at radius 1 is 1.46 bits per heavy atom. The molecule has 0 aliphatic heterocycles. The lowest BCUT2D eigenvalue weighted by atomic mass is 10.3. The lowest BCUT2D eigenvalue weighted by Gasteiger charge is -1.90. The lowest BCUT2D eigenvalue weighted by Crippen LogP contribution is -1.87. The van der Waals surface area contributed by atoms with Crippen molar-refractivity contribution in [2.45, 2.75) is 6.42 Å². The third-order valence-electron chi connectivity index (χ3n) is 1.36. The van der Waals surface area contributed by atoms with Crippen LogP contribution in [0.4, 0.5) is 0 Å². The van der Waals surface area contributed by atoms with Crippen molar-refractivity contribution in [1.29, 1.82) is 5.26 Å². The minimum atomic E-state index is 0.189. The van der Waals surface area contributed by atoms with Crippen LogP contribution >= 0.6 is 11.6 Å². The Morgan fingerprint density at radius 2 is 2.15 bits per heavy atom. The van der Waals surface area contributed by atoms with Gasteiger partial charge in [-0.15, -0.1) is 11.6 Å². The largest absolute Gasteiger partial charge is 0.232 e. The van der Waals surface area contributed by atoms with Crippen LogP contribution in [0.3, 0.4) is 0 Å². The number of rotatable bonds is 3. The molecular weight excluding hydrogens is 186 g/mol. The molecule has 0 saturated heterocycles. The van der Waals surface area contributed by atoms with Crippen LogP contribution in [0.25, 0.3) is 6.08 Å². The van der Waals surface area contributed by atoms with Gasteiger partial charge in [0, 0.05) is 23.8 Å². The molecule has 1 heterocycles. The molecule has 1 aromatic heterocycles. The first-order valence-electron chi connectivity index (χ1n) is 3.81. The number of nitrogens with zero attached hydrogens (tertiary/aromatic N) is 3. The summed E-state index contributed by atoms with van der Waals surface area (Å²) in [6, 6.07) is 1.85. The monoisotopic (exact) mass is 193 g/mol. The minimum absolute atomic E-state index is 0.189. The molecule has 0 aliphatic carbocycles. The molecule has 0 N–H and O–H groups in total. The fourth-order valence-corrected chi connectivity index (χ4v) is 0.890. The van der Waals surface area contributed by atoms with Crippen molar-refractivity contribution in [3.05, 3.63) is 29.9 Å². The first-order valence-corrected chi connectivity index (χ1v) is 4.35. The third-order valence-corrected chi connectivity index (χ3v) is 1.58. The van der Waals surface area contributed by atoms with Gasteiger partial charge >= 0.3 is 0 Å². The van der Waals surface area contributed by atoms with E-state index in [-0.39, 0.29) is 5.82 Å². The molecule has 0 fully saturated rings. The molecule has 3 nitrogen and oxygen atoms in total. The molecule has 0 amide bonds. The van der Waals surface area contributed by atoms with Crippen molar-refractivity contribution < 1.29 is 0 Å². The maximum atomic E-state index is 8.43. The second-order valence-electron chi connectivity index (χ2n) is 2.33. The van der Waals surface area contributed by atoms with Gasteiger partial charge in [-0.25, -0.2) is 9.97 Å². The van der Waals surface area contributed by atoms with E-state index in [0.29, 0.717) is 5.88 Å². The molecule has 13 heavy (non-hydrogen) atoms. The molecule has 0 spiro atoms. The van der Waals surface area contributed by atoms with E-state index in [1.54, 1.807) is 12.4 Å². The number of hydrogen-bond acceptors (Lipinski definition) is 3. The van der Waals surface area contributed by atoms with E-state index in [9.17, 15) is 0 Å². The number of aromatic nitrogens is 2. The summed E-state index contributed by atoms with van der Waals surface area (Å²) < 4.78 is 0. The zero-order valence-electron chi connectivity index (χ0n) is 6.94. The summed E-state index contributed by atoms with van der Waals surface area (Å²) in [5, 5.41) is 8.43. The molecule has 0 aliphatic rings. The highest BCUT2D eigenvalue weighted by molar-refractivity contribution is 6.17. The average Bonchev–Trinajstić information content (AvgIpc) is 2.19. The highest BCUT2D eigenvalue weighted by atomic mass is 35.5. The van der Waals surface area contributed by atoms with E-state index in [4.69, 9.17) is 16.9 Å². The molecule has 0 atom stereocenters. The van der Waals surface area contributed by atoms with Gasteiger partial charge in [0.25, 0.3) is 0 Å². The van der Waals surface area contributed by atoms with Crippen molar-refractivity contribution in [1.82, 2.24) is 9.97 Å². The van der Waals surface area contributed by atoms with Crippen LogP contribution in [0.1, 0.15) is 17.8 Å². The molecule has 4 heteroatoms. The highest BCUT2D eigenvalue weighted by Crippen LogP contribution is 1.99. The van der Waals surface area contributed by atoms with E-state index >= 15 is 0 Å². The van der Waals surface area contributed by atoms with Crippen molar-refractivity contribution in [2.24, 2.45) is 0 Å². The summed E-state index contributed by atoms with van der Waals surface area (Å²) in [6.45, 7) is 0. The van der Waals surface area contributed by atoms with Gasteiger partial charge in [-0.1, -0.05) is 12.2 Å². The number of hydrogen-bond donors (Lipinski definition) is 0. The van der Waals surface area contributed by atoms with Crippen LogP contribution in [0.15, 0.2) is 18.5 Å². The fourth-order valence-electron chi connectivity index (χ4n) is 0.764. The maximum Gasteiger partial charge on any atom is 0.232 e. The highest BCUT2D eigenvalue weighted by Gasteiger charge is 1.91. The molecule has 66 valence electrons. The zero-order chi connectivity index (χ0) is 9.52. The number of halogens is 1. The van der Waals surface area contributed by atoms with Gasteiger partial charge in [-0.3, -0.25) is 0 Å². The molecule has 0 unspecified atom stereocenters.